The molecule has 0 spiro atoms. The van der Waals surface area contributed by atoms with Gasteiger partial charge in [0.1, 0.15) is 22.8 Å². The zero-order chi connectivity index (χ0) is 11.8. The second kappa shape index (κ2) is 4.09. The Morgan fingerprint density at radius 2 is 2.06 bits per heavy atom. The maximum Gasteiger partial charge on any atom is 0.143 e. The van der Waals surface area contributed by atoms with Crippen LogP contribution in [0.3, 0.4) is 0 Å². The maximum absolute atomic E-state index is 6.02. The molecule has 0 aliphatic carbocycles. The summed E-state index contributed by atoms with van der Waals surface area (Å²) in [6, 6.07) is 5.68. The van der Waals surface area contributed by atoms with Crippen molar-refractivity contribution < 1.29 is 0 Å². The third kappa shape index (κ3) is 1.71. The quantitative estimate of drug-likeness (QED) is 0.749. The van der Waals surface area contributed by atoms with Gasteiger partial charge >= 0.3 is 0 Å². The minimum atomic E-state index is 0.512. The molecule has 0 aromatic carbocycles. The van der Waals surface area contributed by atoms with Gasteiger partial charge in [-0.15, -0.1) is 0 Å². The topological polar surface area (TPSA) is 54.5 Å². The number of fused-ring (bicyclic) bond motifs is 1. The number of halogens is 2. The summed E-state index contributed by atoms with van der Waals surface area (Å²) in [6.07, 6.45) is 3.22. The van der Waals surface area contributed by atoms with Gasteiger partial charge in [0.2, 0.25) is 0 Å². The van der Waals surface area contributed by atoms with Crippen LogP contribution in [0.2, 0.25) is 5.15 Å². The van der Waals surface area contributed by atoms with Gasteiger partial charge < -0.3 is 4.98 Å². The van der Waals surface area contributed by atoms with Gasteiger partial charge in [-0.05, 0) is 28.1 Å². The summed E-state index contributed by atoms with van der Waals surface area (Å²) in [4.78, 5) is 15.7. The van der Waals surface area contributed by atoms with E-state index in [1.807, 2.05) is 18.2 Å². The van der Waals surface area contributed by atoms with Gasteiger partial charge in [0.25, 0.3) is 0 Å². The van der Waals surface area contributed by atoms with Crippen molar-refractivity contribution in [2.24, 2.45) is 0 Å². The molecule has 17 heavy (non-hydrogen) atoms. The Morgan fingerprint density at radius 1 is 1.18 bits per heavy atom. The van der Waals surface area contributed by atoms with E-state index in [-0.39, 0.29) is 0 Å². The van der Waals surface area contributed by atoms with Crippen molar-refractivity contribution in [1.82, 2.24) is 19.9 Å². The molecule has 84 valence electrons. The van der Waals surface area contributed by atoms with Crippen LogP contribution in [-0.2, 0) is 0 Å². The Labute approximate surface area is 110 Å². The Hall–Kier alpha value is -1.46. The van der Waals surface area contributed by atoms with E-state index in [1.54, 1.807) is 6.20 Å². The second-order valence-corrected chi connectivity index (χ2v) is 4.58. The van der Waals surface area contributed by atoms with Gasteiger partial charge in [0.05, 0.1) is 15.6 Å². The van der Waals surface area contributed by atoms with E-state index in [0.717, 1.165) is 21.2 Å². The molecular weight excluding hydrogens is 304 g/mol. The zero-order valence-electron chi connectivity index (χ0n) is 8.48. The minimum absolute atomic E-state index is 0.512. The van der Waals surface area contributed by atoms with Gasteiger partial charge in [-0.3, -0.25) is 4.98 Å². The molecule has 0 radical (unpaired) electrons. The number of aromatic nitrogens is 4. The highest BCUT2D eigenvalue weighted by molar-refractivity contribution is 9.10. The van der Waals surface area contributed by atoms with Crippen molar-refractivity contribution in [3.63, 3.8) is 0 Å². The van der Waals surface area contributed by atoms with Crippen LogP contribution in [0, 0.1) is 0 Å². The molecule has 4 nitrogen and oxygen atoms in total. The minimum Gasteiger partial charge on any atom is -0.329 e. The molecule has 1 N–H and O–H groups in total. The molecule has 3 heterocycles. The number of nitrogens with one attached hydrogen (secondary N) is 1. The third-order valence-electron chi connectivity index (χ3n) is 2.40. The first-order chi connectivity index (χ1) is 8.27. The average molecular weight is 310 g/mol. The van der Waals surface area contributed by atoms with Crippen LogP contribution in [0.5, 0.6) is 0 Å². The van der Waals surface area contributed by atoms with E-state index in [2.05, 4.69) is 35.9 Å². The highest BCUT2D eigenvalue weighted by atomic mass is 79.9. The summed E-state index contributed by atoms with van der Waals surface area (Å²) in [5.74, 6) is 0. The summed E-state index contributed by atoms with van der Waals surface area (Å²) in [7, 11) is 0. The molecule has 3 rings (SSSR count). The number of rotatable bonds is 1. The van der Waals surface area contributed by atoms with E-state index < -0.39 is 0 Å². The largest absolute Gasteiger partial charge is 0.329 e. The van der Waals surface area contributed by atoms with Crippen LogP contribution in [0.25, 0.3) is 22.4 Å². The molecule has 0 fully saturated rings. The molecule has 0 saturated heterocycles. The van der Waals surface area contributed by atoms with Crippen LogP contribution in [0.4, 0.5) is 0 Å². The fourth-order valence-electron chi connectivity index (χ4n) is 1.65. The third-order valence-corrected chi connectivity index (χ3v) is 3.70. The molecular formula is C11H6BrClN4. The predicted molar refractivity (Wildman–Crippen MR) is 69.8 cm³/mol. The summed E-state index contributed by atoms with van der Waals surface area (Å²) in [6.45, 7) is 0. The fourth-order valence-corrected chi connectivity index (χ4v) is 2.31. The summed E-state index contributed by atoms with van der Waals surface area (Å²) >= 11 is 9.45. The van der Waals surface area contributed by atoms with Gasteiger partial charge in [0.15, 0.2) is 0 Å². The molecule has 0 aliphatic heterocycles. The van der Waals surface area contributed by atoms with E-state index in [1.165, 1.54) is 6.33 Å². The van der Waals surface area contributed by atoms with Crippen molar-refractivity contribution in [3.8, 4) is 11.4 Å². The molecule has 3 aromatic heterocycles. The Morgan fingerprint density at radius 3 is 2.82 bits per heavy atom. The molecule has 0 amide bonds. The normalized spacial score (nSPS) is 10.9. The second-order valence-electron chi connectivity index (χ2n) is 3.41. The van der Waals surface area contributed by atoms with E-state index >= 15 is 0 Å². The monoisotopic (exact) mass is 308 g/mol. The predicted octanol–water partition coefficient (Wildman–Crippen LogP) is 3.44. The van der Waals surface area contributed by atoms with Crippen LogP contribution in [0.15, 0.2) is 35.2 Å². The number of pyridine rings is 1. The SMILES string of the molecule is Clc1[nH]c2ncnc(-c3ccccn3)c2c1Br. The smallest absolute Gasteiger partial charge is 0.143 e. The number of nitrogens with zero attached hydrogens (tertiary/aromatic N) is 3. The maximum atomic E-state index is 6.02. The molecule has 0 atom stereocenters. The van der Waals surface area contributed by atoms with Crippen LogP contribution in [-0.4, -0.2) is 19.9 Å². The lowest BCUT2D eigenvalue weighted by Crippen LogP contribution is -1.89. The van der Waals surface area contributed by atoms with Gasteiger partial charge in [-0.1, -0.05) is 17.7 Å². The van der Waals surface area contributed by atoms with Crippen molar-refractivity contribution in [2.45, 2.75) is 0 Å². The first-order valence-electron chi connectivity index (χ1n) is 4.86. The Kier molecular flexibility index (Phi) is 2.57. The molecule has 0 saturated carbocycles. The molecule has 0 unspecified atom stereocenters. The standard InChI is InChI=1S/C11H6BrClN4/c12-8-7-9(6-3-1-2-4-14-6)15-5-16-11(7)17-10(8)13/h1-5H,(H,15,16,17). The number of aromatic amines is 1. The molecule has 3 aromatic rings. The summed E-state index contributed by atoms with van der Waals surface area (Å²) < 4.78 is 0.760. The first-order valence-corrected chi connectivity index (χ1v) is 6.03. The van der Waals surface area contributed by atoms with Crippen LogP contribution in [0.1, 0.15) is 0 Å². The van der Waals surface area contributed by atoms with Crippen molar-refractivity contribution >= 4 is 38.6 Å². The van der Waals surface area contributed by atoms with Gasteiger partial charge in [-0.25, -0.2) is 9.97 Å². The van der Waals surface area contributed by atoms with Crippen molar-refractivity contribution in [3.05, 3.63) is 40.3 Å². The van der Waals surface area contributed by atoms with E-state index in [0.29, 0.717) is 10.8 Å². The Balaban J connectivity index is 2.37. The number of hydrogen-bond donors (Lipinski definition) is 1. The lowest BCUT2D eigenvalue weighted by molar-refractivity contribution is 1.18. The van der Waals surface area contributed by atoms with E-state index in [9.17, 15) is 0 Å². The Bertz CT molecular complexity index is 681. The number of H-pyrrole nitrogens is 1. The lowest BCUT2D eigenvalue weighted by Gasteiger charge is -2.00. The first kappa shape index (κ1) is 10.7. The van der Waals surface area contributed by atoms with Gasteiger partial charge in [-0.2, -0.15) is 0 Å². The molecule has 0 aliphatic rings. The zero-order valence-corrected chi connectivity index (χ0v) is 10.8. The summed E-state index contributed by atoms with van der Waals surface area (Å²) in [5.41, 5.74) is 2.24. The van der Waals surface area contributed by atoms with E-state index in [4.69, 9.17) is 11.6 Å². The summed E-state index contributed by atoms with van der Waals surface area (Å²) in [5, 5.41) is 1.36. The van der Waals surface area contributed by atoms with Crippen LogP contribution < -0.4 is 0 Å². The lowest BCUT2D eigenvalue weighted by atomic mass is 10.2. The van der Waals surface area contributed by atoms with Crippen molar-refractivity contribution in [2.75, 3.05) is 0 Å². The highest BCUT2D eigenvalue weighted by Gasteiger charge is 2.15. The molecule has 6 heteroatoms. The van der Waals surface area contributed by atoms with Crippen molar-refractivity contribution in [1.29, 1.82) is 0 Å². The number of hydrogen-bond acceptors (Lipinski definition) is 3. The van der Waals surface area contributed by atoms with Gasteiger partial charge in [0, 0.05) is 6.20 Å². The highest BCUT2D eigenvalue weighted by Crippen LogP contribution is 2.35. The van der Waals surface area contributed by atoms with Crippen LogP contribution >= 0.6 is 27.5 Å². The molecule has 0 bridgehead atoms. The fraction of sp³-hybridized carbons (Fsp3) is 0. The average Bonchev–Trinajstić information content (AvgIpc) is 2.66.